The molecule has 5 heteroatoms. The molecule has 0 spiro atoms. The van der Waals surface area contributed by atoms with E-state index in [2.05, 4.69) is 140 Å². The third kappa shape index (κ3) is 5.35. The zero-order valence-electron chi connectivity index (χ0n) is 29.2. The number of aromatic nitrogens is 4. The summed E-state index contributed by atoms with van der Waals surface area (Å²) in [7, 11) is 0. The lowest BCUT2D eigenvalue weighted by atomic mass is 9.89. The van der Waals surface area contributed by atoms with Crippen LogP contribution < -0.4 is 0 Å². The Kier molecular flexibility index (Phi) is 7.55. The van der Waals surface area contributed by atoms with Crippen LogP contribution in [0.2, 0.25) is 0 Å². The summed E-state index contributed by atoms with van der Waals surface area (Å²) in [4.78, 5) is 13.8. The summed E-state index contributed by atoms with van der Waals surface area (Å²) < 4.78 is 2.37. The number of aromatic amines is 1. The average molecular weight is 673 g/mol. The van der Waals surface area contributed by atoms with Crippen LogP contribution in [0.15, 0.2) is 133 Å². The maximum atomic E-state index is 12.0. The third-order valence-electron chi connectivity index (χ3n) is 10.0. The number of hydrogen-bond acceptors (Lipinski definition) is 3. The molecule has 4 aromatic carbocycles. The Morgan fingerprint density at radius 3 is 1.79 bits per heavy atom. The van der Waals surface area contributed by atoms with Crippen LogP contribution in [0.1, 0.15) is 39.5 Å². The van der Waals surface area contributed by atoms with Crippen molar-refractivity contribution in [2.75, 3.05) is 0 Å². The highest BCUT2D eigenvalue weighted by Gasteiger charge is 2.28. The highest BCUT2D eigenvalue weighted by Crippen LogP contribution is 2.49. The van der Waals surface area contributed by atoms with Crippen LogP contribution in [0.5, 0.6) is 0 Å². The van der Waals surface area contributed by atoms with Gasteiger partial charge < -0.3 is 14.7 Å². The van der Waals surface area contributed by atoms with E-state index in [-0.39, 0.29) is 5.76 Å². The second kappa shape index (κ2) is 12.6. The molecule has 8 bridgehead atoms. The summed E-state index contributed by atoms with van der Waals surface area (Å²) in [5, 5.41) is 12.0. The summed E-state index contributed by atoms with van der Waals surface area (Å²) in [6, 6.07) is 46.3. The molecule has 0 aliphatic carbocycles. The molecule has 0 atom stereocenters. The number of aryl methyl sites for hydroxylation is 3. The Hall–Kier alpha value is -6.72. The van der Waals surface area contributed by atoms with Gasteiger partial charge in [0, 0.05) is 39.5 Å². The van der Waals surface area contributed by atoms with Gasteiger partial charge in [-0.3, -0.25) is 0 Å². The number of fused-ring (bicyclic) bond motifs is 8. The predicted octanol–water partition coefficient (Wildman–Crippen LogP) is 11.9. The van der Waals surface area contributed by atoms with E-state index in [1.165, 1.54) is 0 Å². The summed E-state index contributed by atoms with van der Waals surface area (Å²) >= 11 is 0. The van der Waals surface area contributed by atoms with E-state index in [9.17, 15) is 5.11 Å². The zero-order chi connectivity index (χ0) is 35.3. The average Bonchev–Trinajstić information content (AvgIpc) is 3.94. The van der Waals surface area contributed by atoms with Crippen molar-refractivity contribution in [3.63, 3.8) is 0 Å². The first kappa shape index (κ1) is 31.3. The first-order valence-corrected chi connectivity index (χ1v) is 17.6. The van der Waals surface area contributed by atoms with Gasteiger partial charge in [-0.15, -0.1) is 0 Å². The van der Waals surface area contributed by atoms with Gasteiger partial charge >= 0.3 is 0 Å². The van der Waals surface area contributed by atoms with Gasteiger partial charge in [0.1, 0.15) is 11.5 Å². The third-order valence-corrected chi connectivity index (χ3v) is 10.0. The van der Waals surface area contributed by atoms with Crippen molar-refractivity contribution < 1.29 is 5.11 Å². The van der Waals surface area contributed by atoms with Gasteiger partial charge in [-0.05, 0) is 103 Å². The Morgan fingerprint density at radius 2 is 1.12 bits per heavy atom. The van der Waals surface area contributed by atoms with Gasteiger partial charge in [-0.1, -0.05) is 97.1 Å². The van der Waals surface area contributed by atoms with Crippen LogP contribution in [-0.4, -0.2) is 24.6 Å². The molecule has 3 aromatic heterocycles. The Labute approximate surface area is 302 Å². The summed E-state index contributed by atoms with van der Waals surface area (Å²) in [6.07, 6.45) is 5.91. The lowest BCUT2D eigenvalue weighted by Crippen LogP contribution is -2.00. The van der Waals surface area contributed by atoms with Crippen molar-refractivity contribution in [1.82, 2.24) is 19.5 Å². The normalized spacial score (nSPS) is 12.2. The molecule has 2 N–H and O–H groups in total. The second-order valence-electron chi connectivity index (χ2n) is 13.5. The van der Waals surface area contributed by atoms with Crippen molar-refractivity contribution in [1.29, 1.82) is 0 Å². The monoisotopic (exact) mass is 672 g/mol. The largest absolute Gasteiger partial charge is 0.506 e. The van der Waals surface area contributed by atoms with Gasteiger partial charge in [0.25, 0.3) is 0 Å². The van der Waals surface area contributed by atoms with Crippen molar-refractivity contribution >= 4 is 46.1 Å². The highest BCUT2D eigenvalue weighted by atomic mass is 16.3. The number of H-pyrrole nitrogens is 1. The molecule has 9 rings (SSSR count). The number of rotatable bonds is 4. The fourth-order valence-electron chi connectivity index (χ4n) is 7.56. The molecule has 7 aromatic rings. The predicted molar refractivity (Wildman–Crippen MR) is 216 cm³/mol. The highest BCUT2D eigenvalue weighted by molar-refractivity contribution is 6.12. The molecule has 0 saturated heterocycles. The van der Waals surface area contributed by atoms with Gasteiger partial charge in [0.05, 0.1) is 28.1 Å². The van der Waals surface area contributed by atoms with Gasteiger partial charge in [0.2, 0.25) is 0 Å². The number of nitrogens with zero attached hydrogens (tertiary/aromatic N) is 3. The van der Waals surface area contributed by atoms with E-state index >= 15 is 0 Å². The SMILES string of the molecule is Cc1ccccc1-c1c(-c2ccccc2C)c2c(-c3ccccc3)c3nc(cc4ccc(cc5nc(cc1n2-c1ccccc1C)C=C5)[nH]4)C=C3O. The maximum Gasteiger partial charge on any atom is 0.144 e. The molecule has 2 aliphatic rings. The minimum atomic E-state index is 0.117. The molecule has 52 heavy (non-hydrogen) atoms. The van der Waals surface area contributed by atoms with Crippen LogP contribution in [0.25, 0.3) is 85.1 Å². The van der Waals surface area contributed by atoms with Gasteiger partial charge in [0.15, 0.2) is 0 Å². The molecule has 5 nitrogen and oxygen atoms in total. The Balaban J connectivity index is 1.66. The van der Waals surface area contributed by atoms with Gasteiger partial charge in [-0.2, -0.15) is 0 Å². The minimum Gasteiger partial charge on any atom is -0.506 e. The number of benzene rings is 4. The van der Waals surface area contributed by atoms with Gasteiger partial charge in [-0.25, -0.2) is 9.97 Å². The number of para-hydroxylation sites is 1. The van der Waals surface area contributed by atoms with Crippen molar-refractivity contribution in [3.8, 4) is 39.1 Å². The standard InChI is InChI=1S/C47H36N4O/c1-29-13-7-10-18-38(29)44-41-27-36-24-23-34(49-36)25-33-21-22-35(48-33)26-37-28-42(52)46(50-37)43(32-16-5-4-6-17-32)47(45(44)39-19-11-8-14-30(39)2)51(41)40-20-12-9-15-31(40)3/h4-28,48,52H,1-3H3. The first-order valence-electron chi connectivity index (χ1n) is 17.6. The van der Waals surface area contributed by atoms with Crippen molar-refractivity contribution in [2.45, 2.75) is 20.8 Å². The number of aliphatic hydroxyl groups excluding tert-OH is 1. The molecule has 0 saturated carbocycles. The van der Waals surface area contributed by atoms with Crippen molar-refractivity contribution in [2.24, 2.45) is 0 Å². The fourth-order valence-corrected chi connectivity index (χ4v) is 7.56. The number of hydrogen-bond donors (Lipinski definition) is 2. The van der Waals surface area contributed by atoms with E-state index in [4.69, 9.17) is 9.97 Å². The second-order valence-corrected chi connectivity index (χ2v) is 13.5. The van der Waals surface area contributed by atoms with Crippen LogP contribution in [0.4, 0.5) is 0 Å². The van der Waals surface area contributed by atoms with Crippen LogP contribution in [0, 0.1) is 20.8 Å². The molecule has 2 aliphatic heterocycles. The molecule has 0 amide bonds. The quantitative estimate of drug-likeness (QED) is 0.196. The number of nitrogens with one attached hydrogen (secondary N) is 1. The van der Waals surface area contributed by atoms with E-state index < -0.39 is 0 Å². The summed E-state index contributed by atoms with van der Waals surface area (Å²) in [5.41, 5.74) is 17.2. The molecule has 250 valence electrons. The summed E-state index contributed by atoms with van der Waals surface area (Å²) in [5.74, 6) is 0.117. The van der Waals surface area contributed by atoms with E-state index in [0.29, 0.717) is 11.4 Å². The molecule has 0 radical (unpaired) electrons. The molecular formula is C47H36N4O. The Morgan fingerprint density at radius 1 is 0.538 bits per heavy atom. The molecule has 0 fully saturated rings. The topological polar surface area (TPSA) is 66.7 Å². The van der Waals surface area contributed by atoms with E-state index in [1.54, 1.807) is 6.08 Å². The Bertz CT molecular complexity index is 2780. The smallest absolute Gasteiger partial charge is 0.144 e. The van der Waals surface area contributed by atoms with Crippen LogP contribution in [-0.2, 0) is 0 Å². The minimum absolute atomic E-state index is 0.117. The maximum absolute atomic E-state index is 12.0. The fraction of sp³-hybridized carbons (Fsp3) is 0.0638. The van der Waals surface area contributed by atoms with Crippen molar-refractivity contribution in [3.05, 3.63) is 173 Å². The molecule has 0 unspecified atom stereocenters. The molecular weight excluding hydrogens is 637 g/mol. The van der Waals surface area contributed by atoms with Crippen LogP contribution in [0.3, 0.4) is 0 Å². The number of aliphatic hydroxyl groups is 1. The molecule has 5 heterocycles. The lowest BCUT2D eigenvalue weighted by Gasteiger charge is -2.16. The van der Waals surface area contributed by atoms with E-state index in [0.717, 1.165) is 89.2 Å². The lowest BCUT2D eigenvalue weighted by molar-refractivity contribution is 0.515. The zero-order valence-corrected chi connectivity index (χ0v) is 29.2. The summed E-state index contributed by atoms with van der Waals surface area (Å²) in [6.45, 7) is 6.50. The first-order chi connectivity index (χ1) is 25.4. The van der Waals surface area contributed by atoms with Crippen LogP contribution >= 0.6 is 0 Å². The van der Waals surface area contributed by atoms with E-state index in [1.807, 2.05) is 36.4 Å².